The van der Waals surface area contributed by atoms with E-state index in [1.165, 1.54) is 4.90 Å². The van der Waals surface area contributed by atoms with E-state index in [1.54, 1.807) is 12.1 Å². The number of rotatable bonds is 10. The molecule has 0 aromatic heterocycles. The Hall–Kier alpha value is -3.43. The molecule has 39 heavy (non-hydrogen) atoms. The summed E-state index contributed by atoms with van der Waals surface area (Å²) in [7, 11) is 0. The Morgan fingerprint density at radius 3 is 2.28 bits per heavy atom. The van der Waals surface area contributed by atoms with Crippen LogP contribution in [0.25, 0.3) is 0 Å². The highest BCUT2D eigenvalue weighted by Gasteiger charge is 2.77. The van der Waals surface area contributed by atoms with Crippen LogP contribution in [-0.2, 0) is 19.1 Å². The second-order valence-corrected chi connectivity index (χ2v) is 10.9. The fraction of sp³-hybridized carbons (Fsp3) is 0.500. The van der Waals surface area contributed by atoms with Crippen molar-refractivity contribution in [2.24, 2.45) is 11.8 Å². The van der Waals surface area contributed by atoms with Gasteiger partial charge in [0.05, 0.1) is 17.4 Å². The first kappa shape index (κ1) is 27.1. The predicted octanol–water partition coefficient (Wildman–Crippen LogP) is 3.26. The van der Waals surface area contributed by atoms with Crippen molar-refractivity contribution in [2.45, 2.75) is 57.3 Å². The zero-order chi connectivity index (χ0) is 27.8. The molecule has 3 amide bonds. The number of benzene rings is 2. The van der Waals surface area contributed by atoms with Crippen LogP contribution in [0.1, 0.15) is 40.0 Å². The summed E-state index contributed by atoms with van der Waals surface area (Å²) < 4.78 is 6.62. The number of ether oxygens (including phenoxy) is 1. The molecular formula is C30H38N4O5. The van der Waals surface area contributed by atoms with Crippen molar-refractivity contribution in [3.05, 3.63) is 54.6 Å². The third-order valence-corrected chi connectivity index (χ3v) is 8.67. The number of fused-ring (bicyclic) bond motifs is 1. The van der Waals surface area contributed by atoms with Crippen molar-refractivity contribution in [3.63, 3.8) is 0 Å². The Balaban J connectivity index is 1.44. The topological polar surface area (TPSA) is 111 Å². The van der Waals surface area contributed by atoms with Gasteiger partial charge in [0.1, 0.15) is 11.6 Å². The van der Waals surface area contributed by atoms with E-state index in [-0.39, 0.29) is 30.9 Å². The van der Waals surface area contributed by atoms with Gasteiger partial charge in [0, 0.05) is 43.3 Å². The van der Waals surface area contributed by atoms with Crippen molar-refractivity contribution in [2.75, 3.05) is 41.8 Å². The van der Waals surface area contributed by atoms with Gasteiger partial charge in [0.25, 0.3) is 0 Å². The van der Waals surface area contributed by atoms with Crippen LogP contribution in [0, 0.1) is 11.8 Å². The monoisotopic (exact) mass is 534 g/mol. The number of amides is 3. The Kier molecular flexibility index (Phi) is 7.39. The molecule has 1 spiro atoms. The molecule has 2 bridgehead atoms. The van der Waals surface area contributed by atoms with E-state index >= 15 is 0 Å². The molecule has 0 aliphatic carbocycles. The summed E-state index contributed by atoms with van der Waals surface area (Å²) in [6.07, 6.45) is 1.40. The molecule has 3 N–H and O–H groups in total. The number of anilines is 3. The number of hydrogen-bond donors (Lipinski definition) is 3. The number of aliphatic hydroxyl groups is 1. The zero-order valence-electron chi connectivity index (χ0n) is 22.9. The molecule has 2 aromatic carbocycles. The Bertz CT molecular complexity index is 1220. The van der Waals surface area contributed by atoms with Gasteiger partial charge in [-0.15, -0.1) is 0 Å². The number of carbonyl (C=O) groups excluding carboxylic acids is 3. The van der Waals surface area contributed by atoms with Crippen molar-refractivity contribution in [1.82, 2.24) is 4.90 Å². The first-order valence-corrected chi connectivity index (χ1v) is 13.9. The molecule has 3 aliphatic rings. The van der Waals surface area contributed by atoms with Gasteiger partial charge < -0.3 is 30.3 Å². The van der Waals surface area contributed by atoms with Gasteiger partial charge in [-0.2, -0.15) is 0 Å². The van der Waals surface area contributed by atoms with Gasteiger partial charge in [-0.3, -0.25) is 14.4 Å². The highest BCUT2D eigenvalue weighted by molar-refractivity contribution is 6.05. The minimum Gasteiger partial charge on any atom is -0.396 e. The predicted molar refractivity (Wildman–Crippen MR) is 149 cm³/mol. The Morgan fingerprint density at radius 1 is 1.00 bits per heavy atom. The van der Waals surface area contributed by atoms with Crippen LogP contribution in [-0.4, -0.2) is 71.2 Å². The standard InChI is InChI=1S/C30H38N4O5/c1-4-33(5-2)22-14-12-21(13-15-22)32-27(37)25-30-17-16-29(3,39-30)23(24(30)28(38)34(25)18-9-19-35)26(36)31-20-10-7-6-8-11-20/h6-8,10-15,23-25,35H,4-5,9,16-19H2,1-3H3,(H,31,36)(H,32,37)/t23-,24-,25?,29+,30?/m0/s1. The average Bonchev–Trinajstić information content (AvgIpc) is 3.50. The van der Waals surface area contributed by atoms with E-state index in [2.05, 4.69) is 29.4 Å². The fourth-order valence-corrected chi connectivity index (χ4v) is 6.91. The maximum atomic E-state index is 13.9. The minimum absolute atomic E-state index is 0.112. The van der Waals surface area contributed by atoms with Crippen LogP contribution in [0.5, 0.6) is 0 Å². The summed E-state index contributed by atoms with van der Waals surface area (Å²) in [5.74, 6) is -2.40. The molecule has 2 aromatic rings. The molecule has 208 valence electrons. The van der Waals surface area contributed by atoms with E-state index < -0.39 is 29.1 Å². The molecule has 5 atom stereocenters. The summed E-state index contributed by atoms with van der Waals surface area (Å²) in [5, 5.41) is 15.5. The molecule has 9 nitrogen and oxygen atoms in total. The summed E-state index contributed by atoms with van der Waals surface area (Å²) in [6, 6.07) is 15.9. The number of aliphatic hydroxyl groups excluding tert-OH is 1. The molecule has 9 heteroatoms. The van der Waals surface area contributed by atoms with Crippen LogP contribution in [0.15, 0.2) is 54.6 Å². The van der Waals surface area contributed by atoms with Gasteiger partial charge >= 0.3 is 0 Å². The quantitative estimate of drug-likeness (QED) is 0.432. The number of nitrogens with one attached hydrogen (secondary N) is 2. The maximum absolute atomic E-state index is 13.9. The van der Waals surface area contributed by atoms with Crippen LogP contribution < -0.4 is 15.5 Å². The highest BCUT2D eigenvalue weighted by Crippen LogP contribution is 2.63. The summed E-state index contributed by atoms with van der Waals surface area (Å²) in [6.45, 7) is 7.92. The molecule has 3 saturated heterocycles. The number of hydrogen-bond acceptors (Lipinski definition) is 6. The second-order valence-electron chi connectivity index (χ2n) is 10.9. The molecule has 0 saturated carbocycles. The lowest BCUT2D eigenvalue weighted by Gasteiger charge is -2.33. The second kappa shape index (κ2) is 10.6. The van der Waals surface area contributed by atoms with Crippen molar-refractivity contribution >= 4 is 34.8 Å². The normalized spacial score (nSPS) is 28.9. The van der Waals surface area contributed by atoms with Crippen molar-refractivity contribution in [3.8, 4) is 0 Å². The van der Waals surface area contributed by atoms with Crippen LogP contribution in [0.4, 0.5) is 17.1 Å². The lowest BCUT2D eigenvalue weighted by atomic mass is 9.66. The Morgan fingerprint density at radius 2 is 1.64 bits per heavy atom. The lowest BCUT2D eigenvalue weighted by molar-refractivity contribution is -0.143. The van der Waals surface area contributed by atoms with Gasteiger partial charge in [-0.05, 0) is 76.4 Å². The largest absolute Gasteiger partial charge is 0.396 e. The van der Waals surface area contributed by atoms with Crippen LogP contribution in [0.2, 0.25) is 0 Å². The van der Waals surface area contributed by atoms with Crippen LogP contribution >= 0.6 is 0 Å². The molecule has 3 aliphatic heterocycles. The van der Waals surface area contributed by atoms with Gasteiger partial charge in [0.2, 0.25) is 17.7 Å². The Labute approximate surface area is 229 Å². The third-order valence-electron chi connectivity index (χ3n) is 8.67. The van der Waals surface area contributed by atoms with Crippen molar-refractivity contribution < 1.29 is 24.2 Å². The maximum Gasteiger partial charge on any atom is 0.250 e. The molecular weight excluding hydrogens is 496 g/mol. The van der Waals surface area contributed by atoms with Crippen LogP contribution in [0.3, 0.4) is 0 Å². The van der Waals surface area contributed by atoms with Gasteiger partial charge in [-0.1, -0.05) is 18.2 Å². The van der Waals surface area contributed by atoms with E-state index in [9.17, 15) is 19.5 Å². The summed E-state index contributed by atoms with van der Waals surface area (Å²) in [5.41, 5.74) is 0.378. The van der Waals surface area contributed by atoms with E-state index in [0.717, 1.165) is 18.8 Å². The van der Waals surface area contributed by atoms with Crippen molar-refractivity contribution in [1.29, 1.82) is 0 Å². The smallest absolute Gasteiger partial charge is 0.250 e. The lowest BCUT2D eigenvalue weighted by Crippen LogP contribution is -2.53. The number of nitrogens with zero attached hydrogens (tertiary/aromatic N) is 2. The molecule has 5 rings (SSSR count). The number of likely N-dealkylation sites (tertiary alicyclic amines) is 1. The summed E-state index contributed by atoms with van der Waals surface area (Å²) >= 11 is 0. The highest BCUT2D eigenvalue weighted by atomic mass is 16.5. The number of carbonyl (C=O) groups is 3. The SMILES string of the molecule is CCN(CC)c1ccc(NC(=O)C2N(CCCO)C(=O)[C@@H]3[C@@H](C(=O)Nc4ccccc4)[C@@]4(C)CCC23O4)cc1. The van der Waals surface area contributed by atoms with Gasteiger partial charge in [0.15, 0.2) is 0 Å². The third kappa shape index (κ3) is 4.57. The van der Waals surface area contributed by atoms with Gasteiger partial charge in [-0.25, -0.2) is 0 Å². The van der Waals surface area contributed by atoms with E-state index in [0.29, 0.717) is 30.6 Å². The number of para-hydroxylation sites is 1. The molecule has 0 radical (unpaired) electrons. The van der Waals surface area contributed by atoms with E-state index in [4.69, 9.17) is 4.74 Å². The molecule has 3 heterocycles. The van der Waals surface area contributed by atoms with E-state index in [1.807, 2.05) is 49.4 Å². The summed E-state index contributed by atoms with van der Waals surface area (Å²) in [4.78, 5) is 45.2. The minimum atomic E-state index is -1.11. The zero-order valence-corrected chi connectivity index (χ0v) is 22.9. The fourth-order valence-electron chi connectivity index (χ4n) is 6.91. The molecule has 3 fully saturated rings. The molecule has 2 unspecified atom stereocenters. The average molecular weight is 535 g/mol. The first-order chi connectivity index (χ1) is 18.8. The first-order valence-electron chi connectivity index (χ1n) is 13.9.